The maximum atomic E-state index is 12.9. The van der Waals surface area contributed by atoms with Crippen LogP contribution in [0.1, 0.15) is 42.2 Å². The average molecular weight is 410 g/mol. The molecule has 152 valence electrons. The number of pyridine rings is 1. The van der Waals surface area contributed by atoms with Crippen LogP contribution in [0.5, 0.6) is 0 Å². The summed E-state index contributed by atoms with van der Waals surface area (Å²) in [4.78, 5) is 23.1. The van der Waals surface area contributed by atoms with Gasteiger partial charge in [0.2, 0.25) is 5.91 Å². The molecule has 0 bridgehead atoms. The monoisotopic (exact) mass is 409 g/mol. The third-order valence-corrected chi connectivity index (χ3v) is 7.19. The topological polar surface area (TPSA) is 72.3 Å². The highest BCUT2D eigenvalue weighted by Gasteiger charge is 2.28. The highest BCUT2D eigenvalue weighted by Crippen LogP contribution is 2.37. The normalized spacial score (nSPS) is 18.4. The summed E-state index contributed by atoms with van der Waals surface area (Å²) < 4.78 is 0. The number of aryl methyl sites for hydroxylation is 1. The number of anilines is 2. The molecule has 1 fully saturated rings. The summed E-state index contributed by atoms with van der Waals surface area (Å²) in [6.45, 7) is 5.29. The van der Waals surface area contributed by atoms with Crippen LogP contribution in [0.2, 0.25) is 0 Å². The van der Waals surface area contributed by atoms with Gasteiger partial charge in [0, 0.05) is 37.3 Å². The van der Waals surface area contributed by atoms with Crippen LogP contribution in [0.4, 0.5) is 10.8 Å². The molecule has 0 aromatic carbocycles. The Balaban J connectivity index is 1.39. The van der Waals surface area contributed by atoms with Gasteiger partial charge in [-0.05, 0) is 50.3 Å². The zero-order valence-electron chi connectivity index (χ0n) is 16.9. The molecular formula is C22H27N5OS. The molecule has 1 unspecified atom stereocenters. The van der Waals surface area contributed by atoms with Crippen molar-refractivity contribution in [3.05, 3.63) is 40.4 Å². The van der Waals surface area contributed by atoms with Crippen molar-refractivity contribution in [1.82, 2.24) is 9.88 Å². The summed E-state index contributed by atoms with van der Waals surface area (Å²) in [5.74, 6) is 0.965. The Bertz CT molecular complexity index is 896. The first-order valence-corrected chi connectivity index (χ1v) is 11.2. The van der Waals surface area contributed by atoms with Gasteiger partial charge in [0.15, 0.2) is 0 Å². The van der Waals surface area contributed by atoms with Gasteiger partial charge in [-0.2, -0.15) is 5.26 Å². The fraction of sp³-hybridized carbons (Fsp3) is 0.500. The van der Waals surface area contributed by atoms with Crippen LogP contribution in [0.15, 0.2) is 24.4 Å². The van der Waals surface area contributed by atoms with Gasteiger partial charge in [-0.25, -0.2) is 4.98 Å². The zero-order chi connectivity index (χ0) is 20.2. The van der Waals surface area contributed by atoms with Crippen molar-refractivity contribution in [2.45, 2.75) is 45.1 Å². The van der Waals surface area contributed by atoms with E-state index in [1.54, 1.807) is 11.3 Å². The van der Waals surface area contributed by atoms with E-state index in [1.807, 2.05) is 31.3 Å². The van der Waals surface area contributed by atoms with Crippen molar-refractivity contribution in [2.75, 3.05) is 36.4 Å². The quantitative estimate of drug-likeness (QED) is 0.784. The number of hydrogen-bond donors (Lipinski definition) is 1. The first kappa shape index (κ1) is 19.9. The Labute approximate surface area is 176 Å². The molecule has 1 amide bonds. The van der Waals surface area contributed by atoms with Gasteiger partial charge in [-0.15, -0.1) is 11.3 Å². The number of nitrogens with zero attached hydrogens (tertiary/aromatic N) is 4. The molecule has 0 radical (unpaired) electrons. The van der Waals surface area contributed by atoms with Gasteiger partial charge in [0.1, 0.15) is 16.9 Å². The Hall–Kier alpha value is -2.43. The van der Waals surface area contributed by atoms with E-state index in [4.69, 9.17) is 0 Å². The molecule has 3 heterocycles. The molecular weight excluding hydrogens is 382 g/mol. The lowest BCUT2D eigenvalue weighted by atomic mass is 10.1. The van der Waals surface area contributed by atoms with E-state index in [0.29, 0.717) is 5.56 Å². The van der Waals surface area contributed by atoms with Gasteiger partial charge in [0.25, 0.3) is 0 Å². The second-order valence-corrected chi connectivity index (χ2v) is 8.86. The van der Waals surface area contributed by atoms with Gasteiger partial charge in [-0.3, -0.25) is 9.69 Å². The molecule has 1 N–H and O–H groups in total. The minimum atomic E-state index is -0.227. The van der Waals surface area contributed by atoms with Crippen molar-refractivity contribution in [2.24, 2.45) is 0 Å². The summed E-state index contributed by atoms with van der Waals surface area (Å²) in [5, 5.41) is 13.5. The van der Waals surface area contributed by atoms with E-state index < -0.39 is 0 Å². The predicted octanol–water partition coefficient (Wildman–Crippen LogP) is 3.43. The van der Waals surface area contributed by atoms with Crippen LogP contribution < -0.4 is 10.2 Å². The third-order valence-electron chi connectivity index (χ3n) is 5.98. The molecule has 4 rings (SSSR count). The summed E-state index contributed by atoms with van der Waals surface area (Å²) >= 11 is 1.60. The summed E-state index contributed by atoms with van der Waals surface area (Å²) in [7, 11) is 0. The first-order chi connectivity index (χ1) is 14.2. The lowest BCUT2D eigenvalue weighted by molar-refractivity contribution is -0.120. The zero-order valence-corrected chi connectivity index (χ0v) is 17.7. The van der Waals surface area contributed by atoms with Crippen LogP contribution in [0.3, 0.4) is 0 Å². The average Bonchev–Trinajstić information content (AvgIpc) is 2.92. The van der Waals surface area contributed by atoms with E-state index in [9.17, 15) is 10.1 Å². The number of nitrogens with one attached hydrogen (secondary N) is 1. The van der Waals surface area contributed by atoms with Crippen LogP contribution >= 0.6 is 11.3 Å². The Kier molecular flexibility index (Phi) is 6.12. The number of aromatic nitrogens is 1. The minimum absolute atomic E-state index is 0.0239. The van der Waals surface area contributed by atoms with Gasteiger partial charge < -0.3 is 10.2 Å². The number of nitriles is 1. The highest BCUT2D eigenvalue weighted by molar-refractivity contribution is 7.16. The molecule has 1 atom stereocenters. The van der Waals surface area contributed by atoms with E-state index >= 15 is 0 Å². The second kappa shape index (κ2) is 8.93. The number of thiophene rings is 1. The molecule has 1 aliphatic heterocycles. The summed E-state index contributed by atoms with van der Waals surface area (Å²) in [6, 6.07) is 8.07. The third kappa shape index (κ3) is 4.29. The molecule has 2 aromatic rings. The SMILES string of the molecule is CC(C(=O)Nc1sc2c(c1C#N)CCCCC2)N1CCN(c2ccccn2)CC1. The van der Waals surface area contributed by atoms with Crippen LogP contribution in [-0.2, 0) is 17.6 Å². The number of piperazine rings is 1. The van der Waals surface area contributed by atoms with Crippen molar-refractivity contribution in [3.8, 4) is 6.07 Å². The lowest BCUT2D eigenvalue weighted by Crippen LogP contribution is -2.53. The number of fused-ring (bicyclic) bond motifs is 1. The largest absolute Gasteiger partial charge is 0.354 e. The fourth-order valence-electron chi connectivity index (χ4n) is 4.21. The van der Waals surface area contributed by atoms with E-state index in [-0.39, 0.29) is 11.9 Å². The van der Waals surface area contributed by atoms with Crippen molar-refractivity contribution in [3.63, 3.8) is 0 Å². The molecule has 6 nitrogen and oxygen atoms in total. The van der Waals surface area contributed by atoms with Crippen molar-refractivity contribution < 1.29 is 4.79 Å². The predicted molar refractivity (Wildman–Crippen MR) is 116 cm³/mol. The molecule has 0 saturated carbocycles. The Morgan fingerprint density at radius 3 is 2.72 bits per heavy atom. The molecule has 0 spiro atoms. The lowest BCUT2D eigenvalue weighted by Gasteiger charge is -2.37. The van der Waals surface area contributed by atoms with Crippen LogP contribution in [0.25, 0.3) is 0 Å². The van der Waals surface area contributed by atoms with Crippen molar-refractivity contribution >= 4 is 28.1 Å². The van der Waals surface area contributed by atoms with Gasteiger partial charge in [0.05, 0.1) is 11.6 Å². The number of carbonyl (C=O) groups excluding carboxylic acids is 1. The second-order valence-electron chi connectivity index (χ2n) is 7.76. The van der Waals surface area contributed by atoms with Crippen molar-refractivity contribution in [1.29, 1.82) is 5.26 Å². The Morgan fingerprint density at radius 2 is 2.00 bits per heavy atom. The molecule has 29 heavy (non-hydrogen) atoms. The molecule has 7 heteroatoms. The maximum absolute atomic E-state index is 12.9. The number of carbonyl (C=O) groups is 1. The van der Waals surface area contributed by atoms with Crippen LogP contribution in [0, 0.1) is 11.3 Å². The summed E-state index contributed by atoms with van der Waals surface area (Å²) in [5.41, 5.74) is 1.86. The van der Waals surface area contributed by atoms with Gasteiger partial charge in [-0.1, -0.05) is 12.5 Å². The molecule has 1 saturated heterocycles. The number of hydrogen-bond acceptors (Lipinski definition) is 6. The standard InChI is InChI=1S/C22H27N5OS/c1-16(26-11-13-27(14-12-26)20-9-5-6-10-24-20)21(28)25-22-18(15-23)17-7-3-2-4-8-19(17)29-22/h5-6,9-10,16H,2-4,7-8,11-14H2,1H3,(H,25,28). The summed E-state index contributed by atoms with van der Waals surface area (Å²) in [6.07, 6.45) is 7.30. The molecule has 2 aromatic heterocycles. The first-order valence-electron chi connectivity index (χ1n) is 10.4. The molecule has 2 aliphatic rings. The fourth-order valence-corrected chi connectivity index (χ4v) is 5.45. The van der Waals surface area contributed by atoms with E-state index in [1.165, 1.54) is 23.3 Å². The van der Waals surface area contributed by atoms with Gasteiger partial charge >= 0.3 is 0 Å². The van der Waals surface area contributed by atoms with Crippen LogP contribution in [-0.4, -0.2) is 48.0 Å². The highest BCUT2D eigenvalue weighted by atomic mass is 32.1. The minimum Gasteiger partial charge on any atom is -0.354 e. The Morgan fingerprint density at radius 1 is 1.21 bits per heavy atom. The smallest absolute Gasteiger partial charge is 0.242 e. The van der Waals surface area contributed by atoms with E-state index in [2.05, 4.69) is 26.2 Å². The molecule has 1 aliphatic carbocycles. The van der Waals surface area contributed by atoms with E-state index in [0.717, 1.165) is 56.3 Å². The maximum Gasteiger partial charge on any atom is 0.242 e. The number of amides is 1. The number of rotatable bonds is 4.